The first kappa shape index (κ1) is 10.3. The predicted molar refractivity (Wildman–Crippen MR) is 70.5 cm³/mol. The predicted octanol–water partition coefficient (Wildman–Crippen LogP) is 2.74. The molecule has 2 N–H and O–H groups in total. The number of fused-ring (bicyclic) bond motifs is 1. The van der Waals surface area contributed by atoms with Crippen molar-refractivity contribution in [3.05, 3.63) is 47.2 Å². The number of anilines is 1. The number of nitrogens with two attached hydrogens (primary N) is 1. The minimum absolute atomic E-state index is 0.605. The maximum atomic E-state index is 6.00. The number of aromatic nitrogens is 3. The molecule has 0 aliphatic heterocycles. The molecule has 0 spiro atoms. The molecular formula is C12H9BrN4. The summed E-state index contributed by atoms with van der Waals surface area (Å²) < 4.78 is 2.73. The van der Waals surface area contributed by atoms with Crippen molar-refractivity contribution in [2.24, 2.45) is 0 Å². The van der Waals surface area contributed by atoms with Gasteiger partial charge in [0, 0.05) is 16.1 Å². The van der Waals surface area contributed by atoms with Gasteiger partial charge in [0.2, 0.25) is 0 Å². The first-order valence-corrected chi connectivity index (χ1v) is 5.90. The third kappa shape index (κ3) is 1.59. The second kappa shape index (κ2) is 3.85. The Morgan fingerprint density at radius 1 is 1.18 bits per heavy atom. The lowest BCUT2D eigenvalue weighted by Gasteiger charge is -2.09. The zero-order valence-corrected chi connectivity index (χ0v) is 10.4. The summed E-state index contributed by atoms with van der Waals surface area (Å²) in [5.41, 5.74) is 9.24. The summed E-state index contributed by atoms with van der Waals surface area (Å²) in [5, 5.41) is 4.25. The van der Waals surface area contributed by atoms with Gasteiger partial charge in [0.25, 0.3) is 0 Å². The molecule has 4 nitrogen and oxygen atoms in total. The van der Waals surface area contributed by atoms with E-state index in [1.165, 1.54) is 0 Å². The highest BCUT2D eigenvalue weighted by Crippen LogP contribution is 2.31. The molecule has 84 valence electrons. The number of benzene rings is 1. The highest BCUT2D eigenvalue weighted by atomic mass is 79.9. The van der Waals surface area contributed by atoms with Crippen LogP contribution in [0.15, 0.2) is 47.2 Å². The van der Waals surface area contributed by atoms with E-state index in [2.05, 4.69) is 26.0 Å². The molecule has 3 rings (SSSR count). The van der Waals surface area contributed by atoms with Gasteiger partial charge in [0.1, 0.15) is 0 Å². The number of hydrogen-bond acceptors (Lipinski definition) is 3. The number of halogens is 1. The summed E-state index contributed by atoms with van der Waals surface area (Å²) >= 11 is 3.52. The maximum Gasteiger partial charge on any atom is 0.155 e. The van der Waals surface area contributed by atoms with Crippen molar-refractivity contribution in [1.82, 2.24) is 14.6 Å². The summed E-state index contributed by atoms with van der Waals surface area (Å²) in [6.07, 6.45) is 3.37. The van der Waals surface area contributed by atoms with E-state index < -0.39 is 0 Å². The van der Waals surface area contributed by atoms with Crippen LogP contribution in [0, 0.1) is 0 Å². The van der Waals surface area contributed by atoms with Crippen LogP contribution < -0.4 is 5.73 Å². The minimum atomic E-state index is 0.605. The SMILES string of the molecule is Nc1cnc2ccnn2c1-c1ccccc1Br. The normalized spacial score (nSPS) is 10.9. The lowest BCUT2D eigenvalue weighted by molar-refractivity contribution is 0.950. The first-order chi connectivity index (χ1) is 8.27. The van der Waals surface area contributed by atoms with Crippen LogP contribution in [0.25, 0.3) is 16.9 Å². The lowest BCUT2D eigenvalue weighted by atomic mass is 10.1. The smallest absolute Gasteiger partial charge is 0.155 e. The number of hydrogen-bond donors (Lipinski definition) is 1. The number of nitrogens with zero attached hydrogens (tertiary/aromatic N) is 3. The van der Waals surface area contributed by atoms with Crippen molar-refractivity contribution in [2.45, 2.75) is 0 Å². The van der Waals surface area contributed by atoms with Crippen molar-refractivity contribution in [1.29, 1.82) is 0 Å². The zero-order chi connectivity index (χ0) is 11.8. The Hall–Kier alpha value is -1.88. The third-order valence-corrected chi connectivity index (χ3v) is 3.26. The van der Waals surface area contributed by atoms with Gasteiger partial charge in [-0.3, -0.25) is 0 Å². The standard InChI is InChI=1S/C12H9BrN4/c13-9-4-2-1-3-8(9)12-10(14)7-15-11-5-6-16-17(11)12/h1-7H,14H2. The molecule has 0 saturated carbocycles. The highest BCUT2D eigenvalue weighted by molar-refractivity contribution is 9.10. The molecule has 0 aliphatic carbocycles. The van der Waals surface area contributed by atoms with Gasteiger partial charge < -0.3 is 5.73 Å². The molecule has 1 aromatic carbocycles. The molecule has 0 atom stereocenters. The Bertz CT molecular complexity index is 690. The van der Waals surface area contributed by atoms with E-state index in [0.29, 0.717) is 5.69 Å². The highest BCUT2D eigenvalue weighted by Gasteiger charge is 2.11. The van der Waals surface area contributed by atoms with Crippen molar-refractivity contribution in [3.63, 3.8) is 0 Å². The van der Waals surface area contributed by atoms with Crippen LogP contribution in [0.2, 0.25) is 0 Å². The largest absolute Gasteiger partial charge is 0.396 e. The molecule has 3 aromatic rings. The van der Waals surface area contributed by atoms with E-state index in [9.17, 15) is 0 Å². The topological polar surface area (TPSA) is 56.2 Å². The average molecular weight is 289 g/mol. The van der Waals surface area contributed by atoms with Crippen LogP contribution >= 0.6 is 15.9 Å². The van der Waals surface area contributed by atoms with E-state index in [1.807, 2.05) is 30.3 Å². The van der Waals surface area contributed by atoms with Crippen molar-refractivity contribution < 1.29 is 0 Å². The van der Waals surface area contributed by atoms with Gasteiger partial charge in [-0.1, -0.05) is 34.1 Å². The molecule has 0 aliphatic rings. The molecule has 0 amide bonds. The van der Waals surface area contributed by atoms with Gasteiger partial charge in [-0.25, -0.2) is 9.50 Å². The van der Waals surface area contributed by atoms with Gasteiger partial charge in [0.15, 0.2) is 5.65 Å². The van der Waals surface area contributed by atoms with Crippen LogP contribution in [0.3, 0.4) is 0 Å². The van der Waals surface area contributed by atoms with Gasteiger partial charge in [-0.2, -0.15) is 5.10 Å². The fourth-order valence-electron chi connectivity index (χ4n) is 1.81. The van der Waals surface area contributed by atoms with Crippen molar-refractivity contribution in [3.8, 4) is 11.3 Å². The van der Waals surface area contributed by atoms with Crippen LogP contribution in [-0.2, 0) is 0 Å². The molecule has 5 heteroatoms. The molecule has 2 aromatic heterocycles. The zero-order valence-electron chi connectivity index (χ0n) is 8.84. The summed E-state index contributed by atoms with van der Waals surface area (Å²) in [4.78, 5) is 4.22. The van der Waals surface area contributed by atoms with Gasteiger partial charge in [-0.05, 0) is 6.07 Å². The van der Waals surface area contributed by atoms with E-state index >= 15 is 0 Å². The Morgan fingerprint density at radius 3 is 2.82 bits per heavy atom. The Kier molecular flexibility index (Phi) is 2.33. The summed E-state index contributed by atoms with van der Waals surface area (Å²) in [7, 11) is 0. The average Bonchev–Trinajstić information content (AvgIpc) is 2.79. The molecule has 0 fully saturated rings. The first-order valence-electron chi connectivity index (χ1n) is 5.10. The molecule has 17 heavy (non-hydrogen) atoms. The summed E-state index contributed by atoms with van der Waals surface area (Å²) in [6.45, 7) is 0. The van der Waals surface area contributed by atoms with Crippen LogP contribution in [0.5, 0.6) is 0 Å². The molecule has 0 radical (unpaired) electrons. The van der Waals surface area contributed by atoms with Crippen molar-refractivity contribution >= 4 is 27.3 Å². The Labute approximate surface area is 106 Å². The van der Waals surface area contributed by atoms with E-state index in [1.54, 1.807) is 16.9 Å². The van der Waals surface area contributed by atoms with Crippen LogP contribution in [0.1, 0.15) is 0 Å². The van der Waals surface area contributed by atoms with E-state index in [-0.39, 0.29) is 0 Å². The van der Waals surface area contributed by atoms with Crippen LogP contribution in [0.4, 0.5) is 5.69 Å². The molecule has 0 unspecified atom stereocenters. The fraction of sp³-hybridized carbons (Fsp3) is 0. The Morgan fingerprint density at radius 2 is 2.00 bits per heavy atom. The maximum absolute atomic E-state index is 6.00. The third-order valence-electron chi connectivity index (χ3n) is 2.57. The second-order valence-electron chi connectivity index (χ2n) is 3.64. The van der Waals surface area contributed by atoms with Gasteiger partial charge in [0.05, 0.1) is 23.8 Å². The minimum Gasteiger partial charge on any atom is -0.396 e. The van der Waals surface area contributed by atoms with Crippen LogP contribution in [-0.4, -0.2) is 14.6 Å². The van der Waals surface area contributed by atoms with E-state index in [0.717, 1.165) is 21.4 Å². The number of nitrogen functional groups attached to an aromatic ring is 1. The second-order valence-corrected chi connectivity index (χ2v) is 4.50. The molecule has 0 bridgehead atoms. The summed E-state index contributed by atoms with van der Waals surface area (Å²) in [5.74, 6) is 0. The van der Waals surface area contributed by atoms with E-state index in [4.69, 9.17) is 5.73 Å². The molecule has 2 heterocycles. The summed E-state index contributed by atoms with van der Waals surface area (Å²) in [6, 6.07) is 9.75. The monoisotopic (exact) mass is 288 g/mol. The fourth-order valence-corrected chi connectivity index (χ4v) is 2.28. The van der Waals surface area contributed by atoms with Gasteiger partial charge >= 0.3 is 0 Å². The Balaban J connectivity index is 2.40. The quantitative estimate of drug-likeness (QED) is 0.749. The van der Waals surface area contributed by atoms with Crippen molar-refractivity contribution in [2.75, 3.05) is 5.73 Å². The lowest BCUT2D eigenvalue weighted by Crippen LogP contribution is -2.01. The molecular weight excluding hydrogens is 280 g/mol. The molecule has 0 saturated heterocycles. The number of rotatable bonds is 1. The van der Waals surface area contributed by atoms with Gasteiger partial charge in [-0.15, -0.1) is 0 Å².